The van der Waals surface area contributed by atoms with Crippen molar-refractivity contribution in [2.75, 3.05) is 19.6 Å². The normalized spacial score (nSPS) is 23.9. The van der Waals surface area contributed by atoms with Crippen LogP contribution in [0.5, 0.6) is 5.88 Å². The quantitative estimate of drug-likeness (QED) is 0.894. The largest absolute Gasteiger partial charge is 0.470 e. The fourth-order valence-corrected chi connectivity index (χ4v) is 4.71. The van der Waals surface area contributed by atoms with E-state index in [1.54, 1.807) is 0 Å². The molecule has 0 spiro atoms. The van der Waals surface area contributed by atoms with Gasteiger partial charge in [-0.2, -0.15) is 0 Å². The standard InChI is InChI=1S/C21H29N3O2/c1-3-4-11-23-12-9-15(10-13-23)21(2)14-24-17-8-6-5-7-16(17)18(19(22)25)20(24)26-21/h5-8,15H,3-4,9-14H2,1-2H3,(H2,22,25). The number of para-hydroxylation sites is 1. The highest BCUT2D eigenvalue weighted by Gasteiger charge is 2.45. The highest BCUT2D eigenvalue weighted by atomic mass is 16.5. The minimum absolute atomic E-state index is 0.263. The van der Waals surface area contributed by atoms with E-state index in [4.69, 9.17) is 10.5 Å². The highest BCUT2D eigenvalue weighted by Crippen LogP contribution is 2.44. The Hall–Kier alpha value is -2.01. The Balaban J connectivity index is 1.57. The number of nitrogens with zero attached hydrogens (tertiary/aromatic N) is 2. The van der Waals surface area contributed by atoms with Gasteiger partial charge in [-0.05, 0) is 51.9 Å². The van der Waals surface area contributed by atoms with E-state index in [1.807, 2.05) is 24.3 Å². The van der Waals surface area contributed by atoms with Crippen LogP contribution in [-0.2, 0) is 6.54 Å². The fraction of sp³-hybridized carbons (Fsp3) is 0.571. The molecule has 1 unspecified atom stereocenters. The van der Waals surface area contributed by atoms with Crippen LogP contribution in [0.4, 0.5) is 0 Å². The van der Waals surface area contributed by atoms with E-state index in [0.717, 1.165) is 43.4 Å². The molecule has 26 heavy (non-hydrogen) atoms. The molecular weight excluding hydrogens is 326 g/mol. The topological polar surface area (TPSA) is 60.5 Å². The first-order chi connectivity index (χ1) is 12.5. The van der Waals surface area contributed by atoms with Crippen LogP contribution in [-0.4, -0.2) is 40.6 Å². The number of primary amides is 1. The molecule has 4 rings (SSSR count). The number of ether oxygens (including phenoxy) is 1. The van der Waals surface area contributed by atoms with Crippen LogP contribution >= 0.6 is 0 Å². The number of nitrogens with two attached hydrogens (primary N) is 1. The molecule has 2 aliphatic heterocycles. The summed E-state index contributed by atoms with van der Waals surface area (Å²) in [5.74, 6) is 0.753. The number of carbonyl (C=O) groups excluding carboxylic acids is 1. The summed E-state index contributed by atoms with van der Waals surface area (Å²) in [5, 5.41) is 0.895. The molecule has 0 saturated carbocycles. The molecule has 0 radical (unpaired) electrons. The molecule has 0 aliphatic carbocycles. The van der Waals surface area contributed by atoms with Crippen LogP contribution in [0.2, 0.25) is 0 Å². The first kappa shape index (κ1) is 17.4. The molecule has 2 aliphatic rings. The lowest BCUT2D eigenvalue weighted by Gasteiger charge is -2.39. The number of amides is 1. The van der Waals surface area contributed by atoms with E-state index < -0.39 is 5.91 Å². The van der Waals surface area contributed by atoms with Gasteiger partial charge in [-0.3, -0.25) is 4.79 Å². The maximum Gasteiger partial charge on any atom is 0.254 e. The molecule has 1 aromatic heterocycles. The lowest BCUT2D eigenvalue weighted by molar-refractivity contribution is 0.00892. The van der Waals surface area contributed by atoms with Gasteiger partial charge in [0.2, 0.25) is 5.88 Å². The number of benzene rings is 1. The third-order valence-corrected chi connectivity index (χ3v) is 6.25. The number of hydrogen-bond acceptors (Lipinski definition) is 3. The average molecular weight is 355 g/mol. The van der Waals surface area contributed by atoms with Gasteiger partial charge in [0.1, 0.15) is 11.2 Å². The summed E-state index contributed by atoms with van der Waals surface area (Å²) >= 11 is 0. The van der Waals surface area contributed by atoms with Gasteiger partial charge in [0.25, 0.3) is 5.91 Å². The first-order valence-electron chi connectivity index (χ1n) is 9.86. The van der Waals surface area contributed by atoms with Crippen LogP contribution in [0.3, 0.4) is 0 Å². The molecular formula is C21H29N3O2. The van der Waals surface area contributed by atoms with Gasteiger partial charge in [0.15, 0.2) is 0 Å². The summed E-state index contributed by atoms with van der Waals surface area (Å²) in [5.41, 5.74) is 7.00. The molecule has 5 heteroatoms. The van der Waals surface area contributed by atoms with E-state index >= 15 is 0 Å². The molecule has 1 atom stereocenters. The van der Waals surface area contributed by atoms with Crippen LogP contribution in [0.25, 0.3) is 10.9 Å². The number of rotatable bonds is 5. The number of unbranched alkanes of at least 4 members (excludes halogenated alkanes) is 1. The van der Waals surface area contributed by atoms with Crippen molar-refractivity contribution in [3.05, 3.63) is 29.8 Å². The number of likely N-dealkylation sites (tertiary alicyclic amines) is 1. The second kappa shape index (κ2) is 6.62. The van der Waals surface area contributed by atoms with Crippen LogP contribution < -0.4 is 10.5 Å². The van der Waals surface area contributed by atoms with Gasteiger partial charge >= 0.3 is 0 Å². The Labute approximate surface area is 155 Å². The van der Waals surface area contributed by atoms with Crippen LogP contribution in [0.1, 0.15) is 49.9 Å². The summed E-state index contributed by atoms with van der Waals surface area (Å²) in [6.45, 7) is 8.72. The van der Waals surface area contributed by atoms with E-state index in [9.17, 15) is 4.79 Å². The molecule has 1 aromatic carbocycles. The molecule has 3 heterocycles. The van der Waals surface area contributed by atoms with Gasteiger partial charge in [-0.15, -0.1) is 0 Å². The smallest absolute Gasteiger partial charge is 0.254 e. The Bertz CT molecular complexity index is 820. The van der Waals surface area contributed by atoms with E-state index in [-0.39, 0.29) is 5.60 Å². The first-order valence-corrected chi connectivity index (χ1v) is 9.86. The van der Waals surface area contributed by atoms with Crippen molar-refractivity contribution in [1.29, 1.82) is 0 Å². The zero-order chi connectivity index (χ0) is 18.3. The number of fused-ring (bicyclic) bond motifs is 3. The Morgan fingerprint density at radius 2 is 2.04 bits per heavy atom. The Kier molecular flexibility index (Phi) is 4.43. The number of hydrogen-bond donors (Lipinski definition) is 1. The minimum Gasteiger partial charge on any atom is -0.470 e. The van der Waals surface area contributed by atoms with E-state index in [1.165, 1.54) is 19.4 Å². The van der Waals surface area contributed by atoms with Crippen molar-refractivity contribution in [2.45, 2.75) is 51.7 Å². The van der Waals surface area contributed by atoms with Crippen LogP contribution in [0, 0.1) is 5.92 Å². The monoisotopic (exact) mass is 355 g/mol. The summed E-state index contributed by atoms with van der Waals surface area (Å²) in [7, 11) is 0. The molecule has 1 saturated heterocycles. The minimum atomic E-state index is -0.409. The Morgan fingerprint density at radius 1 is 1.31 bits per heavy atom. The third-order valence-electron chi connectivity index (χ3n) is 6.25. The SMILES string of the molecule is CCCCN1CCC(C2(C)Cn3c(c(C(N)=O)c4ccccc43)O2)CC1. The van der Waals surface area contributed by atoms with Gasteiger partial charge in [0, 0.05) is 11.3 Å². The zero-order valence-electron chi connectivity index (χ0n) is 15.8. The predicted octanol–water partition coefficient (Wildman–Crippen LogP) is 3.40. The van der Waals surface area contributed by atoms with Gasteiger partial charge < -0.3 is 19.9 Å². The lowest BCUT2D eigenvalue weighted by atomic mass is 9.81. The van der Waals surface area contributed by atoms with Crippen molar-refractivity contribution < 1.29 is 9.53 Å². The maximum absolute atomic E-state index is 12.1. The summed E-state index contributed by atoms with van der Waals surface area (Å²) in [4.78, 5) is 14.7. The van der Waals surface area contributed by atoms with E-state index in [0.29, 0.717) is 17.4 Å². The van der Waals surface area contributed by atoms with Gasteiger partial charge in [-0.25, -0.2) is 0 Å². The summed E-state index contributed by atoms with van der Waals surface area (Å²) in [6, 6.07) is 7.94. The summed E-state index contributed by atoms with van der Waals surface area (Å²) < 4.78 is 8.62. The summed E-state index contributed by atoms with van der Waals surface area (Å²) in [6.07, 6.45) is 4.82. The molecule has 2 N–H and O–H groups in total. The lowest BCUT2D eigenvalue weighted by Crippen LogP contribution is -2.47. The molecule has 140 valence electrons. The number of aromatic nitrogens is 1. The van der Waals surface area contributed by atoms with Crippen molar-refractivity contribution in [3.63, 3.8) is 0 Å². The van der Waals surface area contributed by atoms with Crippen LogP contribution in [0.15, 0.2) is 24.3 Å². The van der Waals surface area contributed by atoms with Crippen molar-refractivity contribution in [1.82, 2.24) is 9.47 Å². The zero-order valence-corrected chi connectivity index (χ0v) is 15.8. The molecule has 1 amide bonds. The highest BCUT2D eigenvalue weighted by molar-refractivity contribution is 6.09. The number of carbonyl (C=O) groups is 1. The molecule has 2 aromatic rings. The molecule has 0 bridgehead atoms. The number of piperidine rings is 1. The Morgan fingerprint density at radius 3 is 2.73 bits per heavy atom. The van der Waals surface area contributed by atoms with Gasteiger partial charge in [-0.1, -0.05) is 31.5 Å². The van der Waals surface area contributed by atoms with E-state index in [2.05, 4.69) is 23.3 Å². The van der Waals surface area contributed by atoms with Gasteiger partial charge in [0.05, 0.1) is 12.1 Å². The predicted molar refractivity (Wildman–Crippen MR) is 104 cm³/mol. The molecule has 1 fully saturated rings. The molecule has 5 nitrogen and oxygen atoms in total. The maximum atomic E-state index is 12.1. The van der Waals surface area contributed by atoms with Crippen molar-refractivity contribution >= 4 is 16.8 Å². The van der Waals surface area contributed by atoms with Crippen molar-refractivity contribution in [3.8, 4) is 5.88 Å². The van der Waals surface area contributed by atoms with Crippen molar-refractivity contribution in [2.24, 2.45) is 11.7 Å². The fourth-order valence-electron chi connectivity index (χ4n) is 4.71. The average Bonchev–Trinajstić information content (AvgIpc) is 3.13. The third kappa shape index (κ3) is 2.78. The second-order valence-electron chi connectivity index (χ2n) is 8.03. The second-order valence-corrected chi connectivity index (χ2v) is 8.03.